The molecule has 1 heterocycles. The van der Waals surface area contributed by atoms with Crippen LogP contribution >= 0.6 is 0 Å². The Hall–Kier alpha value is -2.17. The number of benzene rings is 1. The van der Waals surface area contributed by atoms with E-state index in [4.69, 9.17) is 4.74 Å². The Kier molecular flexibility index (Phi) is 4.97. The second-order valence-electron chi connectivity index (χ2n) is 6.61. The van der Waals surface area contributed by atoms with Crippen molar-refractivity contribution in [2.75, 3.05) is 13.7 Å². The number of nitrogens with zero attached hydrogens (tertiary/aromatic N) is 1. The predicted octanol–water partition coefficient (Wildman–Crippen LogP) is 2.84. The Morgan fingerprint density at radius 2 is 1.75 bits per heavy atom. The average Bonchev–Trinajstić information content (AvgIpc) is 3.31. The fraction of sp³-hybridized carbons (Fsp3) is 0.526. The van der Waals surface area contributed by atoms with E-state index in [1.54, 1.807) is 29.2 Å². The van der Waals surface area contributed by atoms with Gasteiger partial charge < -0.3 is 9.64 Å². The van der Waals surface area contributed by atoms with Gasteiger partial charge in [0.25, 0.3) is 5.91 Å². The Balaban J connectivity index is 1.78. The van der Waals surface area contributed by atoms with Crippen LogP contribution in [0.5, 0.6) is 0 Å². The van der Waals surface area contributed by atoms with Crippen molar-refractivity contribution in [3.8, 4) is 0 Å². The summed E-state index contributed by atoms with van der Waals surface area (Å²) in [5.74, 6) is -0.300. The molecular weight excluding hydrogens is 306 g/mol. The highest BCUT2D eigenvalue weighted by molar-refractivity contribution is 6.00. The van der Waals surface area contributed by atoms with E-state index < -0.39 is 5.97 Å². The molecule has 0 bridgehead atoms. The van der Waals surface area contributed by atoms with Crippen molar-refractivity contribution in [1.29, 1.82) is 0 Å². The highest BCUT2D eigenvalue weighted by atomic mass is 16.5. The van der Waals surface area contributed by atoms with Crippen LogP contribution in [0.3, 0.4) is 0 Å². The molecule has 1 amide bonds. The molecule has 0 aromatic heterocycles. The lowest BCUT2D eigenvalue weighted by molar-refractivity contribution is -0.126. The van der Waals surface area contributed by atoms with Gasteiger partial charge in [-0.05, 0) is 43.9 Å². The summed E-state index contributed by atoms with van der Waals surface area (Å²) in [5, 5.41) is 0. The van der Waals surface area contributed by atoms with Crippen LogP contribution in [0.1, 0.15) is 59.2 Å². The second-order valence-corrected chi connectivity index (χ2v) is 6.61. The maximum absolute atomic E-state index is 12.9. The van der Waals surface area contributed by atoms with E-state index in [1.807, 2.05) is 0 Å². The molecule has 1 aromatic carbocycles. The van der Waals surface area contributed by atoms with Crippen molar-refractivity contribution in [2.24, 2.45) is 5.92 Å². The number of carbonyl (C=O) groups excluding carboxylic acids is 3. The molecule has 2 fully saturated rings. The first kappa shape index (κ1) is 16.7. The van der Waals surface area contributed by atoms with Crippen LogP contribution in [0.25, 0.3) is 0 Å². The minimum absolute atomic E-state index is 0.116. The van der Waals surface area contributed by atoms with Crippen molar-refractivity contribution in [3.05, 3.63) is 35.4 Å². The Bertz CT molecular complexity index is 649. The fourth-order valence-electron chi connectivity index (χ4n) is 3.85. The smallest absolute Gasteiger partial charge is 0.337 e. The lowest BCUT2D eigenvalue weighted by atomic mass is 9.95. The zero-order valence-corrected chi connectivity index (χ0v) is 14.0. The summed E-state index contributed by atoms with van der Waals surface area (Å²) in [6, 6.07) is 6.22. The second kappa shape index (κ2) is 7.16. The Morgan fingerprint density at radius 3 is 2.46 bits per heavy atom. The summed E-state index contributed by atoms with van der Waals surface area (Å²) in [4.78, 5) is 39.0. The van der Waals surface area contributed by atoms with Crippen LogP contribution < -0.4 is 0 Å². The number of Topliss-reactive ketones (excluding diaryl/α,β-unsaturated/α-hetero) is 1. The van der Waals surface area contributed by atoms with Crippen LogP contribution in [-0.2, 0) is 9.53 Å². The van der Waals surface area contributed by atoms with Crippen LogP contribution in [0.2, 0.25) is 0 Å². The number of rotatable bonds is 4. The number of amides is 1. The molecule has 1 atom stereocenters. The molecule has 128 valence electrons. The zero-order valence-electron chi connectivity index (χ0n) is 14.0. The van der Waals surface area contributed by atoms with Gasteiger partial charge in [-0.15, -0.1) is 0 Å². The zero-order chi connectivity index (χ0) is 17.1. The van der Waals surface area contributed by atoms with Gasteiger partial charge in [0.1, 0.15) is 0 Å². The largest absolute Gasteiger partial charge is 0.465 e. The summed E-state index contributed by atoms with van der Waals surface area (Å²) in [6.07, 6.45) is 5.73. The predicted molar refractivity (Wildman–Crippen MR) is 88.8 cm³/mol. The molecule has 1 aromatic rings. The Labute approximate surface area is 142 Å². The number of hydrogen-bond donors (Lipinski definition) is 0. The fourth-order valence-corrected chi connectivity index (χ4v) is 3.85. The van der Waals surface area contributed by atoms with E-state index in [2.05, 4.69) is 0 Å². The van der Waals surface area contributed by atoms with E-state index in [0.29, 0.717) is 17.7 Å². The molecule has 1 aliphatic heterocycles. The third-order valence-corrected chi connectivity index (χ3v) is 5.13. The molecule has 1 saturated heterocycles. The molecule has 1 aliphatic carbocycles. The van der Waals surface area contributed by atoms with Gasteiger partial charge in [0.05, 0.1) is 18.7 Å². The first-order valence-electron chi connectivity index (χ1n) is 8.65. The van der Waals surface area contributed by atoms with Gasteiger partial charge in [0.2, 0.25) is 0 Å². The number of ether oxygens (including phenoxy) is 1. The van der Waals surface area contributed by atoms with Crippen LogP contribution in [-0.4, -0.2) is 42.3 Å². The highest BCUT2D eigenvalue weighted by Crippen LogP contribution is 2.31. The first-order valence-corrected chi connectivity index (χ1v) is 8.65. The lowest BCUT2D eigenvalue weighted by Gasteiger charge is -2.26. The number of carbonyl (C=O) groups is 3. The Morgan fingerprint density at radius 1 is 1.04 bits per heavy atom. The molecule has 0 spiro atoms. The summed E-state index contributed by atoms with van der Waals surface area (Å²) < 4.78 is 4.71. The van der Waals surface area contributed by atoms with E-state index in [1.165, 1.54) is 7.11 Å². The lowest BCUT2D eigenvalue weighted by Crippen LogP contribution is -2.42. The van der Waals surface area contributed by atoms with E-state index in [0.717, 1.165) is 38.5 Å². The molecule has 0 N–H and O–H groups in total. The number of esters is 1. The van der Waals surface area contributed by atoms with Gasteiger partial charge in [-0.25, -0.2) is 4.79 Å². The van der Waals surface area contributed by atoms with E-state index >= 15 is 0 Å². The van der Waals surface area contributed by atoms with Crippen molar-refractivity contribution in [2.45, 2.75) is 44.6 Å². The topological polar surface area (TPSA) is 63.7 Å². The van der Waals surface area contributed by atoms with Crippen molar-refractivity contribution < 1.29 is 19.1 Å². The number of hydrogen-bond acceptors (Lipinski definition) is 4. The summed E-state index contributed by atoms with van der Waals surface area (Å²) in [6.45, 7) is 0.602. The van der Waals surface area contributed by atoms with Gasteiger partial charge >= 0.3 is 5.97 Å². The van der Waals surface area contributed by atoms with Gasteiger partial charge in [-0.1, -0.05) is 18.9 Å². The molecular formula is C19H23NO4. The molecule has 0 unspecified atom stereocenters. The van der Waals surface area contributed by atoms with Gasteiger partial charge in [-0.2, -0.15) is 0 Å². The van der Waals surface area contributed by atoms with Gasteiger partial charge in [0.15, 0.2) is 5.78 Å². The molecule has 5 heteroatoms. The van der Waals surface area contributed by atoms with Gasteiger partial charge in [0, 0.05) is 18.0 Å². The van der Waals surface area contributed by atoms with Crippen molar-refractivity contribution in [3.63, 3.8) is 0 Å². The standard InChI is InChI=1S/C19H23NO4/c1-24-19(23)15-9-4-8-14(12-15)18(22)20-11-5-10-16(20)17(21)13-6-2-3-7-13/h4,8-9,12-13,16H,2-3,5-7,10-11H2,1H3/t16-/m0/s1. The first-order chi connectivity index (χ1) is 11.6. The molecule has 2 aliphatic rings. The third-order valence-electron chi connectivity index (χ3n) is 5.13. The van der Waals surface area contributed by atoms with Crippen molar-refractivity contribution in [1.82, 2.24) is 4.90 Å². The molecule has 24 heavy (non-hydrogen) atoms. The van der Waals surface area contributed by atoms with Crippen LogP contribution in [0.15, 0.2) is 24.3 Å². The van der Waals surface area contributed by atoms with E-state index in [-0.39, 0.29) is 23.7 Å². The molecule has 1 saturated carbocycles. The number of likely N-dealkylation sites (tertiary alicyclic amines) is 1. The maximum atomic E-state index is 12.9. The van der Waals surface area contributed by atoms with Crippen LogP contribution in [0.4, 0.5) is 0 Å². The SMILES string of the molecule is COC(=O)c1cccc(C(=O)N2CCC[C@H]2C(=O)C2CCCC2)c1. The monoisotopic (exact) mass is 329 g/mol. The normalized spacial score (nSPS) is 21.0. The maximum Gasteiger partial charge on any atom is 0.337 e. The number of ketones is 1. The highest BCUT2D eigenvalue weighted by Gasteiger charge is 2.38. The van der Waals surface area contributed by atoms with Crippen LogP contribution in [0, 0.1) is 5.92 Å². The van der Waals surface area contributed by atoms with Gasteiger partial charge in [-0.3, -0.25) is 9.59 Å². The minimum atomic E-state index is -0.468. The summed E-state index contributed by atoms with van der Waals surface area (Å²) in [7, 11) is 1.31. The third kappa shape index (κ3) is 3.21. The summed E-state index contributed by atoms with van der Waals surface area (Å²) in [5.41, 5.74) is 0.783. The average molecular weight is 329 g/mol. The minimum Gasteiger partial charge on any atom is -0.465 e. The molecule has 3 rings (SSSR count). The summed E-state index contributed by atoms with van der Waals surface area (Å²) >= 11 is 0. The van der Waals surface area contributed by atoms with E-state index in [9.17, 15) is 14.4 Å². The molecule has 0 radical (unpaired) electrons. The quantitative estimate of drug-likeness (QED) is 0.797. The van der Waals surface area contributed by atoms with Crippen molar-refractivity contribution >= 4 is 17.7 Å². The number of methoxy groups -OCH3 is 1. The molecule has 5 nitrogen and oxygen atoms in total.